The van der Waals surface area contributed by atoms with Gasteiger partial charge in [-0.3, -0.25) is 9.59 Å². The van der Waals surface area contributed by atoms with E-state index in [4.69, 9.17) is 25.7 Å². The second kappa shape index (κ2) is 10.1. The molecular weight excluding hydrogens is 410 g/mol. The van der Waals surface area contributed by atoms with Crippen LogP contribution >= 0.6 is 12.4 Å². The Bertz CT molecular complexity index is 910. The molecule has 9 heteroatoms. The van der Waals surface area contributed by atoms with Gasteiger partial charge in [0, 0.05) is 11.3 Å². The first-order chi connectivity index (χ1) is 13.9. The Balaban J connectivity index is 0.00000320. The molecule has 0 aromatic heterocycles. The summed E-state index contributed by atoms with van der Waals surface area (Å²) in [6.45, 7) is -0.333. The molecule has 1 unspecified atom stereocenters. The smallest absolute Gasteiger partial charge is 0.255 e. The first kappa shape index (κ1) is 23.2. The van der Waals surface area contributed by atoms with Crippen LogP contribution in [0.1, 0.15) is 40.4 Å². The Morgan fingerprint density at radius 2 is 1.80 bits per heavy atom. The molecule has 0 aliphatic heterocycles. The summed E-state index contributed by atoms with van der Waals surface area (Å²) in [7, 11) is 2.88. The van der Waals surface area contributed by atoms with E-state index in [1.807, 2.05) is 18.2 Å². The predicted octanol–water partition coefficient (Wildman–Crippen LogP) is 2.38. The maximum absolute atomic E-state index is 12.9. The van der Waals surface area contributed by atoms with Gasteiger partial charge in [0.2, 0.25) is 5.75 Å². The standard InChI is InChI=1S/C21H25N3O5.ClH/c1-27-17-9-13(10-18(28-2)20(17)29-11-19(23)25)21(26)24-16-5-3-4-12-8-14(22)6-7-15(12)16;/h6-10,16H,3-5,11,22H2,1-2H3,(H2,23,25)(H,24,26);1H. The fourth-order valence-corrected chi connectivity index (χ4v) is 3.52. The zero-order valence-corrected chi connectivity index (χ0v) is 17.7. The van der Waals surface area contributed by atoms with E-state index in [1.54, 1.807) is 12.1 Å². The van der Waals surface area contributed by atoms with Gasteiger partial charge in [-0.2, -0.15) is 0 Å². The van der Waals surface area contributed by atoms with Gasteiger partial charge in [-0.15, -0.1) is 12.4 Å². The number of ether oxygens (including phenoxy) is 3. The number of amides is 2. The van der Waals surface area contributed by atoms with Gasteiger partial charge >= 0.3 is 0 Å². The van der Waals surface area contributed by atoms with Crippen molar-refractivity contribution in [3.63, 3.8) is 0 Å². The molecule has 0 spiro atoms. The van der Waals surface area contributed by atoms with E-state index in [0.717, 1.165) is 36.1 Å². The van der Waals surface area contributed by atoms with Crippen molar-refractivity contribution in [3.05, 3.63) is 47.0 Å². The molecular formula is C21H26ClN3O5. The van der Waals surface area contributed by atoms with Crippen molar-refractivity contribution < 1.29 is 23.8 Å². The molecule has 0 bridgehead atoms. The molecule has 5 N–H and O–H groups in total. The third-order valence-electron chi connectivity index (χ3n) is 4.87. The van der Waals surface area contributed by atoms with Crippen LogP contribution in [0.3, 0.4) is 0 Å². The molecule has 8 nitrogen and oxygen atoms in total. The van der Waals surface area contributed by atoms with Crippen LogP contribution in [-0.4, -0.2) is 32.6 Å². The first-order valence-electron chi connectivity index (χ1n) is 9.29. The largest absolute Gasteiger partial charge is 0.493 e. The van der Waals surface area contributed by atoms with Crippen LogP contribution in [0.15, 0.2) is 30.3 Å². The summed E-state index contributed by atoms with van der Waals surface area (Å²) in [5.74, 6) is -0.144. The third kappa shape index (κ3) is 5.07. The molecule has 2 aromatic rings. The summed E-state index contributed by atoms with van der Waals surface area (Å²) in [4.78, 5) is 24.0. The Morgan fingerprint density at radius 3 is 2.40 bits per heavy atom. The number of halogens is 1. The summed E-state index contributed by atoms with van der Waals surface area (Å²) in [6.07, 6.45) is 2.75. The van der Waals surface area contributed by atoms with Gasteiger partial charge in [0.25, 0.3) is 11.8 Å². The number of hydrogen-bond acceptors (Lipinski definition) is 6. The Labute approximate surface area is 181 Å². The van der Waals surface area contributed by atoms with Crippen molar-refractivity contribution in [1.82, 2.24) is 5.32 Å². The summed E-state index contributed by atoms with van der Waals surface area (Å²) >= 11 is 0. The minimum absolute atomic E-state index is 0. The van der Waals surface area contributed by atoms with Crippen molar-refractivity contribution in [3.8, 4) is 17.2 Å². The highest BCUT2D eigenvalue weighted by Crippen LogP contribution is 2.39. The molecule has 162 valence electrons. The molecule has 0 saturated heterocycles. The maximum Gasteiger partial charge on any atom is 0.255 e. The third-order valence-corrected chi connectivity index (χ3v) is 4.87. The summed E-state index contributed by atoms with van der Waals surface area (Å²) in [5.41, 5.74) is 14.3. The lowest BCUT2D eigenvalue weighted by atomic mass is 9.87. The van der Waals surface area contributed by atoms with E-state index in [-0.39, 0.29) is 48.2 Å². The molecule has 1 atom stereocenters. The molecule has 1 aliphatic rings. The van der Waals surface area contributed by atoms with Crippen molar-refractivity contribution in [1.29, 1.82) is 0 Å². The zero-order chi connectivity index (χ0) is 21.0. The molecule has 1 aliphatic carbocycles. The average Bonchev–Trinajstić information content (AvgIpc) is 2.71. The number of nitrogen functional groups attached to an aromatic ring is 1. The second-order valence-electron chi connectivity index (χ2n) is 6.84. The van der Waals surface area contributed by atoms with Crippen LogP contribution < -0.4 is 31.0 Å². The first-order valence-corrected chi connectivity index (χ1v) is 9.29. The number of carbonyl (C=O) groups is 2. The number of fused-ring (bicyclic) bond motifs is 1. The van der Waals surface area contributed by atoms with Crippen LogP contribution in [0.5, 0.6) is 17.2 Å². The zero-order valence-electron chi connectivity index (χ0n) is 16.9. The molecule has 2 amide bonds. The van der Waals surface area contributed by atoms with Gasteiger partial charge in [0.05, 0.1) is 20.3 Å². The van der Waals surface area contributed by atoms with Gasteiger partial charge in [0.1, 0.15) is 0 Å². The number of rotatable bonds is 7. The highest BCUT2D eigenvalue weighted by molar-refractivity contribution is 5.96. The number of hydrogen-bond donors (Lipinski definition) is 3. The van der Waals surface area contributed by atoms with Crippen LogP contribution in [0, 0.1) is 0 Å². The monoisotopic (exact) mass is 435 g/mol. The minimum atomic E-state index is -0.632. The molecule has 30 heavy (non-hydrogen) atoms. The quantitative estimate of drug-likeness (QED) is 0.573. The number of carbonyl (C=O) groups excluding carboxylic acids is 2. The molecule has 0 radical (unpaired) electrons. The average molecular weight is 436 g/mol. The van der Waals surface area contributed by atoms with Crippen LogP contribution in [0.4, 0.5) is 5.69 Å². The second-order valence-corrected chi connectivity index (χ2v) is 6.84. The normalized spacial score (nSPS) is 14.7. The van der Waals surface area contributed by atoms with E-state index < -0.39 is 5.91 Å². The molecule has 2 aromatic carbocycles. The van der Waals surface area contributed by atoms with E-state index >= 15 is 0 Å². The molecule has 0 heterocycles. The summed E-state index contributed by atoms with van der Waals surface area (Å²) in [5, 5.41) is 3.08. The topological polar surface area (TPSA) is 126 Å². The molecule has 0 fully saturated rings. The minimum Gasteiger partial charge on any atom is -0.493 e. The van der Waals surface area contributed by atoms with Gasteiger partial charge in [-0.05, 0) is 54.7 Å². The predicted molar refractivity (Wildman–Crippen MR) is 115 cm³/mol. The highest BCUT2D eigenvalue weighted by atomic mass is 35.5. The lowest BCUT2D eigenvalue weighted by Crippen LogP contribution is -2.31. The lowest BCUT2D eigenvalue weighted by Gasteiger charge is -2.27. The summed E-state index contributed by atoms with van der Waals surface area (Å²) < 4.78 is 16.0. The fraction of sp³-hybridized carbons (Fsp3) is 0.333. The Morgan fingerprint density at radius 1 is 1.13 bits per heavy atom. The van der Waals surface area contributed by atoms with Gasteiger partial charge in [-0.1, -0.05) is 6.07 Å². The SMILES string of the molecule is COc1cc(C(=O)NC2CCCc3cc(N)ccc32)cc(OC)c1OCC(N)=O.Cl. The Hall–Kier alpha value is -3.13. The van der Waals surface area contributed by atoms with Crippen LogP contribution in [0.2, 0.25) is 0 Å². The number of primary amides is 1. The number of aryl methyl sites for hydroxylation is 1. The number of nitrogens with two attached hydrogens (primary N) is 2. The number of benzene rings is 2. The molecule has 3 rings (SSSR count). The van der Waals surface area contributed by atoms with Gasteiger partial charge in [0.15, 0.2) is 18.1 Å². The van der Waals surface area contributed by atoms with Crippen LogP contribution in [-0.2, 0) is 11.2 Å². The van der Waals surface area contributed by atoms with E-state index in [0.29, 0.717) is 5.56 Å². The van der Waals surface area contributed by atoms with Crippen LogP contribution in [0.25, 0.3) is 0 Å². The van der Waals surface area contributed by atoms with Gasteiger partial charge in [-0.25, -0.2) is 0 Å². The van der Waals surface area contributed by atoms with E-state index in [9.17, 15) is 9.59 Å². The van der Waals surface area contributed by atoms with Crippen molar-refractivity contribution in [2.45, 2.75) is 25.3 Å². The van der Waals surface area contributed by atoms with E-state index in [1.165, 1.54) is 14.2 Å². The number of anilines is 1. The van der Waals surface area contributed by atoms with E-state index in [2.05, 4.69) is 5.32 Å². The number of methoxy groups -OCH3 is 2. The lowest BCUT2D eigenvalue weighted by molar-refractivity contribution is -0.120. The molecule has 0 saturated carbocycles. The van der Waals surface area contributed by atoms with Crippen molar-refractivity contribution >= 4 is 29.9 Å². The van der Waals surface area contributed by atoms with Crippen molar-refractivity contribution in [2.24, 2.45) is 5.73 Å². The maximum atomic E-state index is 12.9. The fourth-order valence-electron chi connectivity index (χ4n) is 3.52. The Kier molecular flexibility index (Phi) is 7.77. The number of nitrogens with one attached hydrogen (secondary N) is 1. The summed E-state index contributed by atoms with van der Waals surface area (Å²) in [6, 6.07) is 8.76. The van der Waals surface area contributed by atoms with Gasteiger partial charge < -0.3 is 31.0 Å². The van der Waals surface area contributed by atoms with Crippen molar-refractivity contribution in [2.75, 3.05) is 26.6 Å². The highest BCUT2D eigenvalue weighted by Gasteiger charge is 2.24.